The number of anilines is 2. The fourth-order valence-electron chi connectivity index (χ4n) is 4.47. The summed E-state index contributed by atoms with van der Waals surface area (Å²) in [5.41, 5.74) is 5.38. The maximum absolute atomic E-state index is 12.8. The number of nitriles is 1. The van der Waals surface area contributed by atoms with Crippen LogP contribution in [0.1, 0.15) is 27.0 Å². The van der Waals surface area contributed by atoms with E-state index in [4.69, 9.17) is 5.26 Å². The zero-order chi connectivity index (χ0) is 23.5. The minimum Gasteiger partial charge on any atom is -0.368 e. The van der Waals surface area contributed by atoms with Crippen LogP contribution in [0.3, 0.4) is 0 Å². The average molecular weight is 452 g/mol. The second-order valence-corrected chi connectivity index (χ2v) is 8.57. The Morgan fingerprint density at radius 3 is 1.97 bits per heavy atom. The van der Waals surface area contributed by atoms with Gasteiger partial charge in [-0.15, -0.1) is 0 Å². The number of hydrogen-bond acceptors (Lipinski definition) is 4. The highest BCUT2D eigenvalue weighted by Crippen LogP contribution is 2.24. The van der Waals surface area contributed by atoms with Gasteiger partial charge in [0.2, 0.25) is 0 Å². The first-order valence-corrected chi connectivity index (χ1v) is 11.4. The van der Waals surface area contributed by atoms with Crippen LogP contribution in [0.25, 0.3) is 0 Å². The molecule has 2 heterocycles. The number of rotatable bonds is 3. The smallest absolute Gasteiger partial charge is 0.322 e. The Balaban J connectivity index is 1.14. The number of urea groups is 1. The van der Waals surface area contributed by atoms with Gasteiger partial charge in [-0.05, 0) is 59.7 Å². The highest BCUT2D eigenvalue weighted by Gasteiger charge is 2.24. The molecule has 0 spiro atoms. The van der Waals surface area contributed by atoms with Gasteiger partial charge in [-0.25, -0.2) is 4.79 Å². The number of nitrogens with one attached hydrogen (secondary N) is 1. The van der Waals surface area contributed by atoms with Crippen molar-refractivity contribution < 1.29 is 9.59 Å². The fourth-order valence-corrected chi connectivity index (χ4v) is 4.47. The molecule has 0 atom stereocenters. The second-order valence-electron chi connectivity index (χ2n) is 8.57. The number of carbonyl (C=O) groups is 2. The van der Waals surface area contributed by atoms with Crippen molar-refractivity contribution in [3.63, 3.8) is 0 Å². The van der Waals surface area contributed by atoms with Crippen LogP contribution in [0.15, 0.2) is 72.8 Å². The summed E-state index contributed by atoms with van der Waals surface area (Å²) < 4.78 is 0. The topological polar surface area (TPSA) is 79.7 Å². The highest BCUT2D eigenvalue weighted by molar-refractivity contribution is 5.94. The molecule has 0 aliphatic carbocycles. The molecule has 7 heteroatoms. The predicted octanol–water partition coefficient (Wildman–Crippen LogP) is 4.07. The molecule has 0 aromatic heterocycles. The summed E-state index contributed by atoms with van der Waals surface area (Å²) in [5.74, 6) is -0.00809. The molecule has 1 fully saturated rings. The summed E-state index contributed by atoms with van der Waals surface area (Å²) in [4.78, 5) is 31.3. The summed E-state index contributed by atoms with van der Waals surface area (Å²) in [6.45, 7) is 4.00. The van der Waals surface area contributed by atoms with E-state index in [0.717, 1.165) is 24.5 Å². The van der Waals surface area contributed by atoms with Crippen LogP contribution < -0.4 is 10.2 Å². The molecule has 0 radical (unpaired) electrons. The molecule has 0 unspecified atom stereocenters. The summed E-state index contributed by atoms with van der Waals surface area (Å²) in [5, 5.41) is 11.9. The number of carbonyl (C=O) groups excluding carboxylic acids is 2. The molecular weight excluding hydrogens is 426 g/mol. The zero-order valence-corrected chi connectivity index (χ0v) is 18.8. The number of amides is 3. The second kappa shape index (κ2) is 9.28. The Morgan fingerprint density at radius 2 is 1.38 bits per heavy atom. The van der Waals surface area contributed by atoms with Gasteiger partial charge in [0.1, 0.15) is 0 Å². The first kappa shape index (κ1) is 21.5. The van der Waals surface area contributed by atoms with Crippen LogP contribution in [0, 0.1) is 11.3 Å². The lowest BCUT2D eigenvalue weighted by atomic mass is 10.1. The maximum atomic E-state index is 12.8. The third-order valence-electron chi connectivity index (χ3n) is 6.44. The van der Waals surface area contributed by atoms with Gasteiger partial charge in [-0.1, -0.05) is 24.3 Å². The van der Waals surface area contributed by atoms with E-state index in [1.807, 2.05) is 46.2 Å². The van der Waals surface area contributed by atoms with Gasteiger partial charge in [0.15, 0.2) is 0 Å². The van der Waals surface area contributed by atoms with Crippen molar-refractivity contribution in [2.24, 2.45) is 0 Å². The largest absolute Gasteiger partial charge is 0.368 e. The number of piperazine rings is 1. The Morgan fingerprint density at radius 1 is 0.765 bits per heavy atom. The third-order valence-corrected chi connectivity index (χ3v) is 6.44. The SMILES string of the molecule is N#Cc1ccc(C(=O)N2CCN(c3ccc(NC(=O)N4Cc5ccccc5C4)cc3)CC2)cc1. The standard InChI is InChI=1S/C27H25N5O2/c28-17-20-5-7-21(8-6-20)26(33)31-15-13-30(14-16-31)25-11-9-24(10-12-25)29-27(34)32-18-22-3-1-2-4-23(22)19-32/h1-12H,13-16,18-19H2,(H,29,34). The van der Waals surface area contributed by atoms with E-state index in [1.165, 1.54) is 11.1 Å². The first-order chi connectivity index (χ1) is 16.6. The fraction of sp³-hybridized carbons (Fsp3) is 0.222. The lowest BCUT2D eigenvalue weighted by molar-refractivity contribution is 0.0747. The van der Waals surface area contributed by atoms with Gasteiger partial charge >= 0.3 is 6.03 Å². The number of benzene rings is 3. The van der Waals surface area contributed by atoms with E-state index >= 15 is 0 Å². The third kappa shape index (κ3) is 4.44. The van der Waals surface area contributed by atoms with Gasteiger partial charge in [-0.3, -0.25) is 4.79 Å². The highest BCUT2D eigenvalue weighted by atomic mass is 16.2. The van der Waals surface area contributed by atoms with Gasteiger partial charge in [0, 0.05) is 56.2 Å². The monoisotopic (exact) mass is 451 g/mol. The average Bonchev–Trinajstić information content (AvgIpc) is 3.34. The van der Waals surface area contributed by atoms with Crippen LogP contribution in [0.4, 0.5) is 16.2 Å². The van der Waals surface area contributed by atoms with E-state index in [1.54, 1.807) is 24.3 Å². The quantitative estimate of drug-likeness (QED) is 0.651. The van der Waals surface area contributed by atoms with Gasteiger partial charge in [-0.2, -0.15) is 5.26 Å². The molecule has 1 saturated heterocycles. The van der Waals surface area contributed by atoms with Crippen LogP contribution in [0.2, 0.25) is 0 Å². The molecule has 2 aliphatic heterocycles. The predicted molar refractivity (Wildman–Crippen MR) is 130 cm³/mol. The van der Waals surface area contributed by atoms with Gasteiger partial charge in [0.25, 0.3) is 5.91 Å². The van der Waals surface area contributed by atoms with Crippen molar-refractivity contribution in [1.82, 2.24) is 9.80 Å². The maximum Gasteiger partial charge on any atom is 0.322 e. The van der Waals surface area contributed by atoms with E-state index < -0.39 is 0 Å². The molecule has 3 amide bonds. The number of hydrogen-bond donors (Lipinski definition) is 1. The molecule has 1 N–H and O–H groups in total. The van der Waals surface area contributed by atoms with E-state index in [9.17, 15) is 9.59 Å². The van der Waals surface area contributed by atoms with Crippen molar-refractivity contribution in [3.05, 3.63) is 95.1 Å². The minimum absolute atomic E-state index is 0.00809. The van der Waals surface area contributed by atoms with Crippen molar-refractivity contribution in [3.8, 4) is 6.07 Å². The number of nitrogens with zero attached hydrogens (tertiary/aromatic N) is 4. The molecule has 34 heavy (non-hydrogen) atoms. The first-order valence-electron chi connectivity index (χ1n) is 11.4. The molecule has 0 bridgehead atoms. The summed E-state index contributed by atoms with van der Waals surface area (Å²) in [7, 11) is 0. The molecule has 0 saturated carbocycles. The van der Waals surface area contributed by atoms with Crippen LogP contribution in [-0.2, 0) is 13.1 Å². The van der Waals surface area contributed by atoms with Crippen molar-refractivity contribution >= 4 is 23.3 Å². The molecular formula is C27H25N5O2. The normalized spacial score (nSPS) is 15.0. The molecule has 3 aromatic rings. The molecule has 170 valence electrons. The molecule has 5 rings (SSSR count). The van der Waals surface area contributed by atoms with E-state index in [-0.39, 0.29) is 11.9 Å². The molecule has 3 aromatic carbocycles. The minimum atomic E-state index is -0.0983. The van der Waals surface area contributed by atoms with Gasteiger partial charge < -0.3 is 20.0 Å². The molecule has 2 aliphatic rings. The summed E-state index contributed by atoms with van der Waals surface area (Å²) in [6, 6.07) is 24.7. The van der Waals surface area contributed by atoms with Crippen molar-refractivity contribution in [2.75, 3.05) is 36.4 Å². The van der Waals surface area contributed by atoms with Crippen LogP contribution in [0.5, 0.6) is 0 Å². The number of fused-ring (bicyclic) bond motifs is 1. The Labute approximate surface area is 198 Å². The Kier molecular flexibility index (Phi) is 5.88. The van der Waals surface area contributed by atoms with Gasteiger partial charge in [0.05, 0.1) is 11.6 Å². The zero-order valence-electron chi connectivity index (χ0n) is 18.8. The lowest BCUT2D eigenvalue weighted by Gasteiger charge is -2.36. The molecule has 7 nitrogen and oxygen atoms in total. The summed E-state index contributed by atoms with van der Waals surface area (Å²) >= 11 is 0. The van der Waals surface area contributed by atoms with E-state index in [2.05, 4.69) is 28.4 Å². The van der Waals surface area contributed by atoms with Crippen molar-refractivity contribution in [2.45, 2.75) is 13.1 Å². The Hall–Kier alpha value is -4.31. The van der Waals surface area contributed by atoms with Crippen LogP contribution >= 0.6 is 0 Å². The van der Waals surface area contributed by atoms with Crippen molar-refractivity contribution in [1.29, 1.82) is 5.26 Å². The lowest BCUT2D eigenvalue weighted by Crippen LogP contribution is -2.48. The Bertz CT molecular complexity index is 1210. The summed E-state index contributed by atoms with van der Waals surface area (Å²) in [6.07, 6.45) is 0. The van der Waals surface area contributed by atoms with Crippen LogP contribution in [-0.4, -0.2) is 47.9 Å². The van der Waals surface area contributed by atoms with E-state index in [0.29, 0.717) is 37.3 Å².